The largest absolute Gasteiger partial charge is 0.321 e. The van der Waals surface area contributed by atoms with Crippen molar-refractivity contribution in [3.8, 4) is 11.3 Å². The molecule has 0 bridgehead atoms. The summed E-state index contributed by atoms with van der Waals surface area (Å²) in [6, 6.07) is 21.3. The van der Waals surface area contributed by atoms with Gasteiger partial charge < -0.3 is 5.32 Å². The van der Waals surface area contributed by atoms with Crippen LogP contribution in [0.5, 0.6) is 0 Å². The number of hydrogen-bond donors (Lipinski definition) is 1. The summed E-state index contributed by atoms with van der Waals surface area (Å²) in [5.74, 6) is -0.230. The molecule has 0 aliphatic heterocycles. The SMILES string of the molecule is Cc1ccc(NC(=O)c2ccccn2)cc1-c1nccc2ccccc12. The molecule has 0 saturated heterocycles. The molecular weight excluding hydrogens is 322 g/mol. The Kier molecular flexibility index (Phi) is 4.15. The number of benzene rings is 2. The zero-order chi connectivity index (χ0) is 17.9. The Morgan fingerprint density at radius 3 is 2.58 bits per heavy atom. The quantitative estimate of drug-likeness (QED) is 0.580. The van der Waals surface area contributed by atoms with Gasteiger partial charge in [0.15, 0.2) is 0 Å². The molecule has 4 rings (SSSR count). The van der Waals surface area contributed by atoms with Crippen LogP contribution in [0.4, 0.5) is 5.69 Å². The van der Waals surface area contributed by atoms with E-state index in [9.17, 15) is 4.79 Å². The molecule has 0 atom stereocenters. The average Bonchev–Trinajstić information content (AvgIpc) is 2.70. The molecule has 1 amide bonds. The van der Waals surface area contributed by atoms with Crippen LogP contribution in [0.2, 0.25) is 0 Å². The third-order valence-corrected chi connectivity index (χ3v) is 4.32. The predicted octanol–water partition coefficient (Wildman–Crippen LogP) is 4.86. The van der Waals surface area contributed by atoms with Crippen LogP contribution in [0.15, 0.2) is 79.1 Å². The first-order valence-corrected chi connectivity index (χ1v) is 8.39. The zero-order valence-electron chi connectivity index (χ0n) is 14.3. The van der Waals surface area contributed by atoms with Crippen molar-refractivity contribution in [2.24, 2.45) is 0 Å². The summed E-state index contributed by atoms with van der Waals surface area (Å²) in [6.07, 6.45) is 3.42. The van der Waals surface area contributed by atoms with Crippen molar-refractivity contribution in [3.05, 3.63) is 90.4 Å². The molecule has 2 aromatic heterocycles. The van der Waals surface area contributed by atoms with Crippen molar-refractivity contribution >= 4 is 22.4 Å². The van der Waals surface area contributed by atoms with E-state index >= 15 is 0 Å². The van der Waals surface area contributed by atoms with Crippen molar-refractivity contribution in [2.75, 3.05) is 5.32 Å². The third kappa shape index (κ3) is 3.05. The average molecular weight is 339 g/mol. The molecule has 0 aliphatic carbocycles. The minimum absolute atomic E-state index is 0.230. The Labute approximate surface area is 151 Å². The number of pyridine rings is 2. The highest BCUT2D eigenvalue weighted by atomic mass is 16.1. The standard InChI is InChI=1S/C22H17N3O/c1-15-9-10-17(25-22(26)20-8-4-5-12-23-20)14-19(15)21-18-7-3-2-6-16(18)11-13-24-21/h2-14H,1H3,(H,25,26). The number of fused-ring (bicyclic) bond motifs is 1. The second-order valence-corrected chi connectivity index (χ2v) is 6.08. The van der Waals surface area contributed by atoms with Crippen LogP contribution >= 0.6 is 0 Å². The smallest absolute Gasteiger partial charge is 0.274 e. The predicted molar refractivity (Wildman–Crippen MR) is 104 cm³/mol. The van der Waals surface area contributed by atoms with Gasteiger partial charge in [0, 0.05) is 29.0 Å². The molecule has 0 radical (unpaired) electrons. The molecule has 26 heavy (non-hydrogen) atoms. The molecule has 0 unspecified atom stereocenters. The molecule has 0 saturated carbocycles. The molecule has 4 nitrogen and oxygen atoms in total. The van der Waals surface area contributed by atoms with Gasteiger partial charge in [-0.15, -0.1) is 0 Å². The molecule has 1 N–H and O–H groups in total. The monoisotopic (exact) mass is 339 g/mol. The summed E-state index contributed by atoms with van der Waals surface area (Å²) < 4.78 is 0. The molecule has 0 spiro atoms. The summed E-state index contributed by atoms with van der Waals surface area (Å²) in [5, 5.41) is 5.14. The number of aromatic nitrogens is 2. The molecule has 4 aromatic rings. The Hall–Kier alpha value is -3.53. The van der Waals surface area contributed by atoms with E-state index in [4.69, 9.17) is 0 Å². The molecule has 4 heteroatoms. The Balaban J connectivity index is 1.74. The van der Waals surface area contributed by atoms with Crippen LogP contribution in [-0.2, 0) is 0 Å². The van der Waals surface area contributed by atoms with E-state index in [1.807, 2.05) is 49.5 Å². The Morgan fingerprint density at radius 1 is 0.885 bits per heavy atom. The summed E-state index contributed by atoms with van der Waals surface area (Å²) in [6.45, 7) is 2.04. The topological polar surface area (TPSA) is 54.9 Å². The first-order valence-electron chi connectivity index (χ1n) is 8.39. The molecule has 2 heterocycles. The second-order valence-electron chi connectivity index (χ2n) is 6.08. The van der Waals surface area contributed by atoms with Gasteiger partial charge in [-0.3, -0.25) is 14.8 Å². The first-order chi connectivity index (χ1) is 12.7. The van der Waals surface area contributed by atoms with E-state index in [1.165, 1.54) is 0 Å². The van der Waals surface area contributed by atoms with E-state index in [-0.39, 0.29) is 5.91 Å². The Bertz CT molecular complexity index is 1090. The molecule has 2 aromatic carbocycles. The van der Waals surface area contributed by atoms with Crippen LogP contribution in [0.3, 0.4) is 0 Å². The number of aryl methyl sites for hydroxylation is 1. The van der Waals surface area contributed by atoms with Crippen LogP contribution < -0.4 is 5.32 Å². The number of rotatable bonds is 3. The number of hydrogen-bond acceptors (Lipinski definition) is 3. The van der Waals surface area contributed by atoms with Crippen molar-refractivity contribution in [1.29, 1.82) is 0 Å². The normalized spacial score (nSPS) is 10.7. The van der Waals surface area contributed by atoms with Crippen LogP contribution in [-0.4, -0.2) is 15.9 Å². The van der Waals surface area contributed by atoms with Gasteiger partial charge in [0.1, 0.15) is 5.69 Å². The van der Waals surface area contributed by atoms with Gasteiger partial charge in [-0.1, -0.05) is 36.4 Å². The first kappa shape index (κ1) is 16.0. The minimum Gasteiger partial charge on any atom is -0.321 e. The van der Waals surface area contributed by atoms with E-state index in [2.05, 4.69) is 27.4 Å². The van der Waals surface area contributed by atoms with Crippen LogP contribution in [0.1, 0.15) is 16.1 Å². The number of nitrogens with one attached hydrogen (secondary N) is 1. The highest BCUT2D eigenvalue weighted by molar-refractivity contribution is 6.03. The maximum absolute atomic E-state index is 12.4. The van der Waals surface area contributed by atoms with E-state index in [0.717, 1.165) is 33.3 Å². The number of amides is 1. The van der Waals surface area contributed by atoms with Crippen molar-refractivity contribution in [1.82, 2.24) is 9.97 Å². The lowest BCUT2D eigenvalue weighted by molar-refractivity contribution is 0.102. The summed E-state index contributed by atoms with van der Waals surface area (Å²) in [5.41, 5.74) is 4.12. The summed E-state index contributed by atoms with van der Waals surface area (Å²) >= 11 is 0. The highest BCUT2D eigenvalue weighted by Crippen LogP contribution is 2.30. The fourth-order valence-electron chi connectivity index (χ4n) is 2.98. The van der Waals surface area contributed by atoms with Gasteiger partial charge >= 0.3 is 0 Å². The van der Waals surface area contributed by atoms with Gasteiger partial charge in [0.2, 0.25) is 0 Å². The van der Waals surface area contributed by atoms with Gasteiger partial charge in [0.05, 0.1) is 5.69 Å². The van der Waals surface area contributed by atoms with Crippen molar-refractivity contribution in [2.45, 2.75) is 6.92 Å². The summed E-state index contributed by atoms with van der Waals surface area (Å²) in [7, 11) is 0. The lowest BCUT2D eigenvalue weighted by atomic mass is 9.99. The number of nitrogens with zero attached hydrogens (tertiary/aromatic N) is 2. The highest BCUT2D eigenvalue weighted by Gasteiger charge is 2.11. The van der Waals surface area contributed by atoms with Crippen molar-refractivity contribution in [3.63, 3.8) is 0 Å². The minimum atomic E-state index is -0.230. The van der Waals surface area contributed by atoms with Gasteiger partial charge in [0.25, 0.3) is 5.91 Å². The maximum Gasteiger partial charge on any atom is 0.274 e. The van der Waals surface area contributed by atoms with Crippen LogP contribution in [0.25, 0.3) is 22.0 Å². The third-order valence-electron chi connectivity index (χ3n) is 4.32. The fourth-order valence-corrected chi connectivity index (χ4v) is 2.98. The van der Waals surface area contributed by atoms with E-state index in [0.29, 0.717) is 5.69 Å². The van der Waals surface area contributed by atoms with Gasteiger partial charge in [-0.25, -0.2) is 0 Å². The van der Waals surface area contributed by atoms with E-state index in [1.54, 1.807) is 24.4 Å². The van der Waals surface area contributed by atoms with E-state index < -0.39 is 0 Å². The van der Waals surface area contributed by atoms with Gasteiger partial charge in [-0.05, 0) is 48.2 Å². The molecule has 0 fully saturated rings. The fraction of sp³-hybridized carbons (Fsp3) is 0.0455. The Morgan fingerprint density at radius 2 is 1.73 bits per heavy atom. The lowest BCUT2D eigenvalue weighted by Crippen LogP contribution is -2.13. The molecular formula is C22H17N3O. The molecule has 0 aliphatic rings. The zero-order valence-corrected chi connectivity index (χ0v) is 14.3. The number of carbonyl (C=O) groups excluding carboxylic acids is 1. The van der Waals surface area contributed by atoms with Crippen LogP contribution in [0, 0.1) is 6.92 Å². The maximum atomic E-state index is 12.4. The van der Waals surface area contributed by atoms with Crippen molar-refractivity contribution < 1.29 is 4.79 Å². The second kappa shape index (κ2) is 6.76. The summed E-state index contributed by atoms with van der Waals surface area (Å²) in [4.78, 5) is 21.1. The number of anilines is 1. The van der Waals surface area contributed by atoms with Gasteiger partial charge in [-0.2, -0.15) is 0 Å². The number of carbonyl (C=O) groups is 1. The lowest BCUT2D eigenvalue weighted by Gasteiger charge is -2.12. The molecule has 126 valence electrons.